The quantitative estimate of drug-likeness (QED) is 0.867. The van der Waals surface area contributed by atoms with Crippen molar-refractivity contribution in [2.24, 2.45) is 11.7 Å². The fourth-order valence-corrected chi connectivity index (χ4v) is 3.76. The summed E-state index contributed by atoms with van der Waals surface area (Å²) in [5.41, 5.74) is 7.75. The van der Waals surface area contributed by atoms with E-state index in [1.807, 2.05) is 12.4 Å². The number of pyridine rings is 1. The summed E-state index contributed by atoms with van der Waals surface area (Å²) in [5.74, 6) is 0.939. The lowest BCUT2D eigenvalue weighted by atomic mass is 9.83. The number of hydrogen-bond donors (Lipinski definition) is 1. The molecule has 2 unspecified atom stereocenters. The molecule has 3 nitrogen and oxygen atoms in total. The molecule has 118 valence electrons. The summed E-state index contributed by atoms with van der Waals surface area (Å²) in [6, 6.07) is 5.40. The van der Waals surface area contributed by atoms with Gasteiger partial charge in [0.2, 0.25) is 0 Å². The molecule has 1 aliphatic rings. The van der Waals surface area contributed by atoms with E-state index in [2.05, 4.69) is 42.9 Å². The van der Waals surface area contributed by atoms with E-state index in [0.29, 0.717) is 12.1 Å². The monoisotopic (exact) mass is 289 g/mol. The summed E-state index contributed by atoms with van der Waals surface area (Å²) in [6.45, 7) is 4.50. The zero-order valence-electron chi connectivity index (χ0n) is 13.8. The second-order valence-electron chi connectivity index (χ2n) is 6.55. The van der Waals surface area contributed by atoms with E-state index >= 15 is 0 Å². The smallest absolute Gasteiger partial charge is 0.0500 e. The van der Waals surface area contributed by atoms with E-state index in [-0.39, 0.29) is 6.04 Å². The Morgan fingerprint density at radius 2 is 1.81 bits per heavy atom. The lowest BCUT2D eigenvalue weighted by molar-refractivity contribution is 0.103. The van der Waals surface area contributed by atoms with Gasteiger partial charge in [-0.05, 0) is 62.8 Å². The van der Waals surface area contributed by atoms with Crippen molar-refractivity contribution in [2.75, 3.05) is 7.05 Å². The van der Waals surface area contributed by atoms with E-state index < -0.39 is 0 Å². The predicted octanol–water partition coefficient (Wildman–Crippen LogP) is 3.76. The molecule has 1 heterocycles. The molecule has 1 saturated carbocycles. The Morgan fingerprint density at radius 3 is 2.33 bits per heavy atom. The van der Waals surface area contributed by atoms with Crippen molar-refractivity contribution < 1.29 is 0 Å². The molecule has 21 heavy (non-hydrogen) atoms. The standard InChI is InChI=1S/C18H31N3/c1-4-14-6-8-16(9-7-14)21(3)18(17(19)5-2)15-10-12-20-13-11-15/h10-14,16-18H,4-9,19H2,1-3H3. The van der Waals surface area contributed by atoms with Crippen molar-refractivity contribution in [3.63, 3.8) is 0 Å². The van der Waals surface area contributed by atoms with E-state index in [1.165, 1.54) is 37.7 Å². The van der Waals surface area contributed by atoms with Gasteiger partial charge in [-0.15, -0.1) is 0 Å². The first kappa shape index (κ1) is 16.4. The normalized spacial score (nSPS) is 25.8. The number of rotatable bonds is 6. The number of hydrogen-bond acceptors (Lipinski definition) is 3. The van der Waals surface area contributed by atoms with Crippen LogP contribution in [-0.2, 0) is 0 Å². The lowest BCUT2D eigenvalue weighted by Gasteiger charge is -2.41. The van der Waals surface area contributed by atoms with Gasteiger partial charge in [-0.1, -0.05) is 20.3 Å². The summed E-state index contributed by atoms with van der Waals surface area (Å²) in [4.78, 5) is 6.68. The van der Waals surface area contributed by atoms with Crippen LogP contribution in [0.25, 0.3) is 0 Å². The maximum atomic E-state index is 6.45. The second-order valence-corrected chi connectivity index (χ2v) is 6.55. The van der Waals surface area contributed by atoms with Crippen molar-refractivity contribution in [3.05, 3.63) is 30.1 Å². The fourth-order valence-electron chi connectivity index (χ4n) is 3.76. The van der Waals surface area contributed by atoms with Crippen molar-refractivity contribution in [3.8, 4) is 0 Å². The van der Waals surface area contributed by atoms with Gasteiger partial charge in [-0.25, -0.2) is 0 Å². The number of nitrogens with zero attached hydrogens (tertiary/aromatic N) is 2. The SMILES string of the molecule is CCC1CCC(N(C)C(c2ccncc2)C(N)CC)CC1. The zero-order chi connectivity index (χ0) is 15.2. The molecule has 0 radical (unpaired) electrons. The van der Waals surface area contributed by atoms with Crippen molar-refractivity contribution >= 4 is 0 Å². The molecule has 0 bridgehead atoms. The van der Waals surface area contributed by atoms with Crippen LogP contribution in [0.4, 0.5) is 0 Å². The van der Waals surface area contributed by atoms with Crippen molar-refractivity contribution in [1.29, 1.82) is 0 Å². The Hall–Kier alpha value is -0.930. The minimum Gasteiger partial charge on any atom is -0.326 e. The van der Waals surface area contributed by atoms with Gasteiger partial charge in [-0.3, -0.25) is 9.88 Å². The first-order valence-corrected chi connectivity index (χ1v) is 8.54. The average Bonchev–Trinajstić information content (AvgIpc) is 2.55. The highest BCUT2D eigenvalue weighted by Gasteiger charge is 2.30. The summed E-state index contributed by atoms with van der Waals surface area (Å²) in [5, 5.41) is 0. The molecule has 1 aromatic heterocycles. The van der Waals surface area contributed by atoms with Crippen LogP contribution in [0.5, 0.6) is 0 Å². The highest BCUT2D eigenvalue weighted by Crippen LogP contribution is 2.34. The summed E-state index contributed by atoms with van der Waals surface area (Å²) in [7, 11) is 2.26. The lowest BCUT2D eigenvalue weighted by Crippen LogP contribution is -2.45. The highest BCUT2D eigenvalue weighted by atomic mass is 15.2. The molecule has 1 aliphatic carbocycles. The molecule has 2 rings (SSSR count). The number of aromatic nitrogens is 1. The Bertz CT molecular complexity index is 398. The van der Waals surface area contributed by atoms with Crippen LogP contribution in [-0.4, -0.2) is 29.0 Å². The Balaban J connectivity index is 2.10. The van der Waals surface area contributed by atoms with E-state index in [0.717, 1.165) is 12.3 Å². The molecule has 0 amide bonds. The summed E-state index contributed by atoms with van der Waals surface area (Å²) in [6.07, 6.45) is 11.5. The van der Waals surface area contributed by atoms with Crippen LogP contribution in [0.3, 0.4) is 0 Å². The van der Waals surface area contributed by atoms with Gasteiger partial charge in [0.05, 0.1) is 0 Å². The van der Waals surface area contributed by atoms with E-state index in [4.69, 9.17) is 5.73 Å². The molecule has 0 aliphatic heterocycles. The maximum absolute atomic E-state index is 6.45. The molecule has 2 atom stereocenters. The molecule has 0 saturated heterocycles. The van der Waals surface area contributed by atoms with Gasteiger partial charge in [0, 0.05) is 30.5 Å². The number of likely N-dealkylation sites (N-methyl/N-ethyl adjacent to an activating group) is 1. The van der Waals surface area contributed by atoms with Crippen LogP contribution in [0.1, 0.15) is 64.0 Å². The van der Waals surface area contributed by atoms with Gasteiger partial charge in [0.15, 0.2) is 0 Å². The minimum absolute atomic E-state index is 0.182. The van der Waals surface area contributed by atoms with Gasteiger partial charge in [0.1, 0.15) is 0 Å². The van der Waals surface area contributed by atoms with E-state index in [1.54, 1.807) is 0 Å². The van der Waals surface area contributed by atoms with Crippen LogP contribution in [0, 0.1) is 5.92 Å². The molecular weight excluding hydrogens is 258 g/mol. The molecule has 2 N–H and O–H groups in total. The van der Waals surface area contributed by atoms with Gasteiger partial charge in [0.25, 0.3) is 0 Å². The third-order valence-electron chi connectivity index (χ3n) is 5.33. The summed E-state index contributed by atoms with van der Waals surface area (Å²) >= 11 is 0. The van der Waals surface area contributed by atoms with Gasteiger partial charge >= 0.3 is 0 Å². The van der Waals surface area contributed by atoms with Gasteiger partial charge < -0.3 is 5.73 Å². The predicted molar refractivity (Wildman–Crippen MR) is 89.0 cm³/mol. The Morgan fingerprint density at radius 1 is 1.19 bits per heavy atom. The molecular formula is C18H31N3. The Labute approximate surface area is 129 Å². The molecule has 1 aromatic rings. The topological polar surface area (TPSA) is 42.2 Å². The largest absolute Gasteiger partial charge is 0.326 e. The molecule has 0 aromatic carbocycles. The third kappa shape index (κ3) is 4.04. The van der Waals surface area contributed by atoms with Crippen molar-refractivity contribution in [1.82, 2.24) is 9.88 Å². The highest BCUT2D eigenvalue weighted by molar-refractivity contribution is 5.17. The molecule has 0 spiro atoms. The van der Waals surface area contributed by atoms with Crippen LogP contribution in [0.2, 0.25) is 0 Å². The van der Waals surface area contributed by atoms with Crippen LogP contribution < -0.4 is 5.73 Å². The molecule has 1 fully saturated rings. The number of nitrogens with two attached hydrogens (primary N) is 1. The summed E-state index contributed by atoms with van der Waals surface area (Å²) < 4.78 is 0. The Kier molecular flexibility index (Phi) is 6.19. The third-order valence-corrected chi connectivity index (χ3v) is 5.33. The zero-order valence-corrected chi connectivity index (χ0v) is 13.8. The van der Waals surface area contributed by atoms with Crippen molar-refractivity contribution in [2.45, 2.75) is 70.5 Å². The fraction of sp³-hybridized carbons (Fsp3) is 0.722. The minimum atomic E-state index is 0.182. The first-order valence-electron chi connectivity index (χ1n) is 8.54. The van der Waals surface area contributed by atoms with Crippen LogP contribution in [0.15, 0.2) is 24.5 Å². The van der Waals surface area contributed by atoms with E-state index in [9.17, 15) is 0 Å². The van der Waals surface area contributed by atoms with Crippen LogP contribution >= 0.6 is 0 Å². The second kappa shape index (κ2) is 7.90. The maximum Gasteiger partial charge on any atom is 0.0500 e. The van der Waals surface area contributed by atoms with Gasteiger partial charge in [-0.2, -0.15) is 0 Å². The first-order chi connectivity index (χ1) is 10.2. The molecule has 3 heteroatoms. The average molecular weight is 289 g/mol.